The van der Waals surface area contributed by atoms with Crippen molar-refractivity contribution in [1.29, 1.82) is 0 Å². The van der Waals surface area contributed by atoms with E-state index in [9.17, 15) is 14.7 Å². The maximum absolute atomic E-state index is 12.8. The number of carbonyl (C=O) groups is 2. The van der Waals surface area contributed by atoms with Gasteiger partial charge in [-0.05, 0) is 30.9 Å². The Morgan fingerprint density at radius 1 is 1.28 bits per heavy atom. The molecule has 1 saturated heterocycles. The number of amides is 1. The van der Waals surface area contributed by atoms with Crippen LogP contribution in [0.1, 0.15) is 31.0 Å². The molecule has 1 aliphatic carbocycles. The first-order valence-electron chi connectivity index (χ1n) is 9.08. The van der Waals surface area contributed by atoms with Crippen LogP contribution in [0.15, 0.2) is 24.3 Å². The summed E-state index contributed by atoms with van der Waals surface area (Å²) in [6.07, 6.45) is 1.11. The molecule has 25 heavy (non-hydrogen) atoms. The molecule has 130 valence electrons. The summed E-state index contributed by atoms with van der Waals surface area (Å²) in [4.78, 5) is 26.7. The van der Waals surface area contributed by atoms with Gasteiger partial charge in [0.1, 0.15) is 0 Å². The maximum Gasteiger partial charge on any atom is 0.307 e. The minimum absolute atomic E-state index is 0.0714. The molecule has 0 radical (unpaired) electrons. The number of fused-ring (bicyclic) bond motifs is 3. The number of aliphatic carboxylic acids is 1. The predicted octanol–water partition coefficient (Wildman–Crippen LogP) is 2.75. The average Bonchev–Trinajstić information content (AvgIpc) is 3.12. The highest BCUT2D eigenvalue weighted by atomic mass is 16.4. The zero-order chi connectivity index (χ0) is 17.5. The molecule has 0 unspecified atom stereocenters. The second-order valence-electron chi connectivity index (χ2n) is 7.97. The minimum Gasteiger partial charge on any atom is -0.481 e. The molecule has 5 nitrogen and oxygen atoms in total. The first-order valence-corrected chi connectivity index (χ1v) is 9.08. The quantitative estimate of drug-likeness (QED) is 0.870. The molecule has 3 aliphatic rings. The number of carboxylic acid groups (broad SMARTS) is 1. The highest BCUT2D eigenvalue weighted by Crippen LogP contribution is 2.61. The molecule has 2 aliphatic heterocycles. The highest BCUT2D eigenvalue weighted by molar-refractivity contribution is 5.89. The van der Waals surface area contributed by atoms with E-state index in [0.29, 0.717) is 13.0 Å². The van der Waals surface area contributed by atoms with E-state index in [-0.39, 0.29) is 17.7 Å². The zero-order valence-corrected chi connectivity index (χ0v) is 14.5. The van der Waals surface area contributed by atoms with Gasteiger partial charge in [-0.3, -0.25) is 9.59 Å². The number of benzene rings is 1. The normalized spacial score (nSPS) is 33.4. The molecule has 3 heterocycles. The Morgan fingerprint density at radius 2 is 2.04 bits per heavy atom. The largest absolute Gasteiger partial charge is 0.481 e. The molecule has 1 saturated carbocycles. The number of para-hydroxylation sites is 1. The van der Waals surface area contributed by atoms with Crippen molar-refractivity contribution in [2.45, 2.75) is 38.8 Å². The van der Waals surface area contributed by atoms with Gasteiger partial charge in [0, 0.05) is 42.0 Å². The number of carbonyl (C=O) groups excluding carboxylic acids is 1. The van der Waals surface area contributed by atoms with Crippen LogP contribution in [0.5, 0.6) is 0 Å². The van der Waals surface area contributed by atoms with Crippen molar-refractivity contribution < 1.29 is 14.7 Å². The van der Waals surface area contributed by atoms with Crippen molar-refractivity contribution >= 4 is 22.8 Å². The van der Waals surface area contributed by atoms with Crippen LogP contribution < -0.4 is 0 Å². The van der Waals surface area contributed by atoms with Crippen molar-refractivity contribution in [2.24, 2.45) is 17.8 Å². The molecule has 1 N–H and O–H groups in total. The van der Waals surface area contributed by atoms with Crippen LogP contribution in [-0.2, 0) is 21.7 Å². The van der Waals surface area contributed by atoms with Gasteiger partial charge in [0.15, 0.2) is 0 Å². The van der Waals surface area contributed by atoms with Crippen molar-refractivity contribution in [3.63, 3.8) is 0 Å². The third-order valence-electron chi connectivity index (χ3n) is 6.94. The SMILES string of the molecule is Cc1c2n(c3ccccc13)CCN1C(=O)C[C@H]3[C@H](C(=O)O)[C@@H](C)C[C@]231. The summed E-state index contributed by atoms with van der Waals surface area (Å²) in [5.74, 6) is -1.14. The number of hydrogen-bond donors (Lipinski definition) is 1. The van der Waals surface area contributed by atoms with E-state index in [1.807, 2.05) is 24.0 Å². The van der Waals surface area contributed by atoms with E-state index in [1.54, 1.807) is 0 Å². The van der Waals surface area contributed by atoms with E-state index in [1.165, 1.54) is 22.2 Å². The number of aromatic nitrogens is 1. The maximum atomic E-state index is 12.8. The summed E-state index contributed by atoms with van der Waals surface area (Å²) < 4.78 is 2.35. The van der Waals surface area contributed by atoms with Crippen LogP contribution in [-0.4, -0.2) is 33.0 Å². The topological polar surface area (TPSA) is 62.5 Å². The van der Waals surface area contributed by atoms with E-state index in [4.69, 9.17) is 0 Å². The summed E-state index contributed by atoms with van der Waals surface area (Å²) >= 11 is 0. The molecule has 5 rings (SSSR count). The number of aryl methyl sites for hydroxylation is 1. The Hall–Kier alpha value is -2.30. The highest BCUT2D eigenvalue weighted by Gasteiger charge is 2.66. The lowest BCUT2D eigenvalue weighted by atomic mass is 9.79. The van der Waals surface area contributed by atoms with Gasteiger partial charge in [-0.15, -0.1) is 0 Å². The Balaban J connectivity index is 1.83. The van der Waals surface area contributed by atoms with Crippen molar-refractivity contribution in [3.05, 3.63) is 35.5 Å². The molecule has 1 amide bonds. The smallest absolute Gasteiger partial charge is 0.307 e. The molecule has 0 bridgehead atoms. The third kappa shape index (κ3) is 1.59. The minimum atomic E-state index is -0.755. The van der Waals surface area contributed by atoms with E-state index in [2.05, 4.69) is 23.6 Å². The molecule has 1 spiro atoms. The predicted molar refractivity (Wildman–Crippen MR) is 93.1 cm³/mol. The lowest BCUT2D eigenvalue weighted by molar-refractivity contribution is -0.144. The third-order valence-corrected chi connectivity index (χ3v) is 6.94. The van der Waals surface area contributed by atoms with E-state index in [0.717, 1.165) is 13.0 Å². The summed E-state index contributed by atoms with van der Waals surface area (Å²) in [6.45, 7) is 5.63. The zero-order valence-electron chi connectivity index (χ0n) is 14.5. The number of hydrogen-bond acceptors (Lipinski definition) is 2. The number of rotatable bonds is 1. The monoisotopic (exact) mass is 338 g/mol. The van der Waals surface area contributed by atoms with Gasteiger partial charge in [-0.25, -0.2) is 0 Å². The van der Waals surface area contributed by atoms with Crippen LogP contribution in [0.2, 0.25) is 0 Å². The van der Waals surface area contributed by atoms with Crippen molar-refractivity contribution in [2.75, 3.05) is 6.54 Å². The van der Waals surface area contributed by atoms with Gasteiger partial charge in [0.25, 0.3) is 0 Å². The molecule has 4 atom stereocenters. The van der Waals surface area contributed by atoms with Crippen molar-refractivity contribution in [3.8, 4) is 0 Å². The summed E-state index contributed by atoms with van der Waals surface area (Å²) in [6, 6.07) is 8.37. The second kappa shape index (κ2) is 4.65. The molecular formula is C20H22N2O3. The van der Waals surface area contributed by atoms with Crippen LogP contribution in [0.4, 0.5) is 0 Å². The molecule has 1 aromatic carbocycles. The van der Waals surface area contributed by atoms with Gasteiger partial charge in [-0.1, -0.05) is 25.1 Å². The van der Waals surface area contributed by atoms with Gasteiger partial charge < -0.3 is 14.6 Å². The van der Waals surface area contributed by atoms with Gasteiger partial charge in [-0.2, -0.15) is 0 Å². The lowest BCUT2D eigenvalue weighted by Crippen LogP contribution is -2.51. The first-order chi connectivity index (χ1) is 12.0. The molecule has 5 heteroatoms. The van der Waals surface area contributed by atoms with Gasteiger partial charge >= 0.3 is 5.97 Å². The Bertz CT molecular complexity index is 930. The summed E-state index contributed by atoms with van der Waals surface area (Å²) in [5.41, 5.74) is 3.15. The number of nitrogens with zero attached hydrogens (tertiary/aromatic N) is 2. The fourth-order valence-corrected chi connectivity index (χ4v) is 6.20. The lowest BCUT2D eigenvalue weighted by Gasteiger charge is -2.44. The Kier molecular flexibility index (Phi) is 2.79. The van der Waals surface area contributed by atoms with Crippen LogP contribution in [0, 0.1) is 24.7 Å². The molecule has 1 aromatic heterocycles. The van der Waals surface area contributed by atoms with E-state index >= 15 is 0 Å². The van der Waals surface area contributed by atoms with Crippen LogP contribution in [0.25, 0.3) is 10.9 Å². The van der Waals surface area contributed by atoms with Crippen LogP contribution >= 0.6 is 0 Å². The fraction of sp³-hybridized carbons (Fsp3) is 0.500. The van der Waals surface area contributed by atoms with Crippen molar-refractivity contribution in [1.82, 2.24) is 9.47 Å². The van der Waals surface area contributed by atoms with Crippen LogP contribution in [0.3, 0.4) is 0 Å². The van der Waals surface area contributed by atoms with Gasteiger partial charge in [0.2, 0.25) is 5.91 Å². The number of carboxylic acids is 1. The first kappa shape index (κ1) is 15.0. The Labute approximate surface area is 146 Å². The van der Waals surface area contributed by atoms with E-state index < -0.39 is 17.4 Å². The molecule has 2 fully saturated rings. The van der Waals surface area contributed by atoms with Gasteiger partial charge in [0.05, 0.1) is 11.5 Å². The fourth-order valence-electron chi connectivity index (χ4n) is 6.20. The summed E-state index contributed by atoms with van der Waals surface area (Å²) in [7, 11) is 0. The Morgan fingerprint density at radius 3 is 2.80 bits per heavy atom. The summed E-state index contributed by atoms with van der Waals surface area (Å²) in [5, 5.41) is 11.0. The molecule has 2 aromatic rings. The average molecular weight is 338 g/mol. The standard InChI is InChI=1S/C20H22N2O3/c1-11-10-20-14(17(11)19(24)25)9-16(23)22(20)8-7-21-15-6-4-3-5-13(15)12(2)18(20)21/h3-6,11,14,17H,7-10H2,1-2H3,(H,24,25)/t11-,14-,17+,20+/m0/s1. The molecular weight excluding hydrogens is 316 g/mol. The second-order valence-corrected chi connectivity index (χ2v) is 7.97.